The molecule has 1 aromatic carbocycles. The topological polar surface area (TPSA) is 34.4 Å². The third kappa shape index (κ3) is 4.19. The molecule has 110 valence electrons. The van der Waals surface area contributed by atoms with E-state index in [2.05, 4.69) is 4.99 Å². The largest absolute Gasteiger partial charge is 0.274 e. The summed E-state index contributed by atoms with van der Waals surface area (Å²) in [5.74, 6) is -0.0617. The predicted octanol–water partition coefficient (Wildman–Crippen LogP) is 3.99. The lowest BCUT2D eigenvalue weighted by atomic mass is 10.1. The molecule has 5 heteroatoms. The van der Waals surface area contributed by atoms with Crippen LogP contribution >= 0.6 is 23.2 Å². The van der Waals surface area contributed by atoms with Gasteiger partial charge in [0.25, 0.3) is 0 Å². The van der Waals surface area contributed by atoms with Gasteiger partial charge in [0, 0.05) is 12.2 Å². The summed E-state index contributed by atoms with van der Waals surface area (Å²) >= 11 is 11.9. The van der Waals surface area contributed by atoms with Gasteiger partial charge in [-0.3, -0.25) is 14.4 Å². The first kappa shape index (κ1) is 15.8. The first-order valence-corrected chi connectivity index (χ1v) is 7.41. The molecule has 0 aliphatic rings. The maximum Gasteiger partial charge on any atom is 0.236 e. The van der Waals surface area contributed by atoms with Gasteiger partial charge in [-0.05, 0) is 43.7 Å². The second-order valence-electron chi connectivity index (χ2n) is 4.97. The zero-order valence-electron chi connectivity index (χ0n) is 11.9. The van der Waals surface area contributed by atoms with Crippen molar-refractivity contribution >= 4 is 29.1 Å². The van der Waals surface area contributed by atoms with Crippen LogP contribution in [0.25, 0.3) is 0 Å². The van der Waals surface area contributed by atoms with Crippen LogP contribution in [-0.2, 0) is 6.42 Å². The third-order valence-electron chi connectivity index (χ3n) is 2.84. The predicted molar refractivity (Wildman–Crippen MR) is 85.9 cm³/mol. The van der Waals surface area contributed by atoms with Gasteiger partial charge in [0.2, 0.25) is 5.91 Å². The van der Waals surface area contributed by atoms with Crippen LogP contribution in [0.5, 0.6) is 0 Å². The fourth-order valence-corrected chi connectivity index (χ4v) is 2.24. The van der Waals surface area contributed by atoms with Gasteiger partial charge in [0.1, 0.15) is 5.49 Å². The van der Waals surface area contributed by atoms with Crippen molar-refractivity contribution in [3.63, 3.8) is 0 Å². The Labute approximate surface area is 133 Å². The van der Waals surface area contributed by atoms with Gasteiger partial charge in [-0.25, -0.2) is 0 Å². The molecule has 0 unspecified atom stereocenters. The van der Waals surface area contributed by atoms with E-state index >= 15 is 0 Å². The molecule has 0 bridgehead atoms. The number of halogens is 2. The average Bonchev–Trinajstić information content (AvgIpc) is 2.43. The Kier molecular flexibility index (Phi) is 5.21. The molecule has 0 saturated carbocycles. The quantitative estimate of drug-likeness (QED) is 0.841. The van der Waals surface area contributed by atoms with Crippen molar-refractivity contribution in [1.29, 1.82) is 0 Å². The molecular weight excluding hydrogens is 307 g/mol. The molecule has 0 fully saturated rings. The van der Waals surface area contributed by atoms with Crippen molar-refractivity contribution in [2.45, 2.75) is 26.3 Å². The Hall–Kier alpha value is -1.58. The van der Waals surface area contributed by atoms with Crippen molar-refractivity contribution < 1.29 is 4.79 Å². The summed E-state index contributed by atoms with van der Waals surface area (Å²) in [5.41, 5.74) is 1.47. The fraction of sp³-hybridized carbons (Fsp3) is 0.250. The molecule has 21 heavy (non-hydrogen) atoms. The highest BCUT2D eigenvalue weighted by Crippen LogP contribution is 2.22. The van der Waals surface area contributed by atoms with Crippen molar-refractivity contribution in [3.8, 4) is 0 Å². The van der Waals surface area contributed by atoms with Crippen LogP contribution in [-0.4, -0.2) is 16.5 Å². The third-order valence-corrected chi connectivity index (χ3v) is 3.58. The highest BCUT2D eigenvalue weighted by molar-refractivity contribution is 6.42. The normalized spacial score (nSPS) is 12.0. The van der Waals surface area contributed by atoms with Gasteiger partial charge in [-0.2, -0.15) is 0 Å². The van der Waals surface area contributed by atoms with Gasteiger partial charge in [0.05, 0.1) is 16.5 Å². The summed E-state index contributed by atoms with van der Waals surface area (Å²) in [7, 11) is 0. The number of hydrogen-bond donors (Lipinski definition) is 0. The Morgan fingerprint density at radius 1 is 1.19 bits per heavy atom. The number of nitrogens with zero attached hydrogens (tertiary/aromatic N) is 2. The maximum atomic E-state index is 12.4. The van der Waals surface area contributed by atoms with E-state index < -0.39 is 0 Å². The lowest BCUT2D eigenvalue weighted by Crippen LogP contribution is -2.28. The minimum atomic E-state index is -0.0617. The lowest BCUT2D eigenvalue weighted by Gasteiger charge is -2.08. The lowest BCUT2D eigenvalue weighted by molar-refractivity contribution is 0.0908. The molecule has 1 heterocycles. The van der Waals surface area contributed by atoms with E-state index in [0.717, 1.165) is 5.56 Å². The van der Waals surface area contributed by atoms with Crippen LogP contribution in [0, 0.1) is 0 Å². The SMILES string of the molecule is CC(C)N=c1ccccn1C(=O)Cc1ccc(Cl)c(Cl)c1. The standard InChI is InChI=1S/C16H16Cl2N2O/c1-11(2)19-15-5-3-4-8-20(15)16(21)10-12-6-7-13(17)14(18)9-12/h3-9,11H,10H2,1-2H3. The molecule has 0 aliphatic heterocycles. The van der Waals surface area contributed by atoms with Crippen LogP contribution in [0.1, 0.15) is 24.2 Å². The zero-order chi connectivity index (χ0) is 15.4. The summed E-state index contributed by atoms with van der Waals surface area (Å²) in [5, 5.41) is 0.933. The summed E-state index contributed by atoms with van der Waals surface area (Å²) in [4.78, 5) is 16.9. The van der Waals surface area contributed by atoms with Crippen molar-refractivity contribution in [3.05, 3.63) is 63.7 Å². The van der Waals surface area contributed by atoms with Gasteiger partial charge in [-0.15, -0.1) is 0 Å². The average molecular weight is 323 g/mol. The minimum Gasteiger partial charge on any atom is -0.274 e. The van der Waals surface area contributed by atoms with E-state index in [4.69, 9.17) is 23.2 Å². The zero-order valence-corrected chi connectivity index (χ0v) is 13.4. The van der Waals surface area contributed by atoms with E-state index in [1.807, 2.05) is 32.0 Å². The van der Waals surface area contributed by atoms with Crippen LogP contribution in [0.3, 0.4) is 0 Å². The molecule has 2 rings (SSSR count). The number of pyridine rings is 1. The highest BCUT2D eigenvalue weighted by Gasteiger charge is 2.08. The van der Waals surface area contributed by atoms with Crippen molar-refractivity contribution in [2.75, 3.05) is 0 Å². The van der Waals surface area contributed by atoms with Crippen molar-refractivity contribution in [2.24, 2.45) is 4.99 Å². The first-order valence-electron chi connectivity index (χ1n) is 6.66. The Balaban J connectivity index is 2.31. The summed E-state index contributed by atoms with van der Waals surface area (Å²) in [6.45, 7) is 3.95. The number of aromatic nitrogens is 1. The second-order valence-corrected chi connectivity index (χ2v) is 5.79. The number of benzene rings is 1. The number of hydrogen-bond acceptors (Lipinski definition) is 2. The van der Waals surface area contributed by atoms with Gasteiger partial charge >= 0.3 is 0 Å². The number of rotatable bonds is 3. The maximum absolute atomic E-state index is 12.4. The molecule has 0 saturated heterocycles. The molecule has 0 spiro atoms. The van der Waals surface area contributed by atoms with Gasteiger partial charge in [-0.1, -0.05) is 35.3 Å². The molecule has 1 aromatic heterocycles. The molecule has 0 aliphatic carbocycles. The minimum absolute atomic E-state index is 0.0617. The van der Waals surface area contributed by atoms with Crippen LogP contribution in [0.4, 0.5) is 0 Å². The van der Waals surface area contributed by atoms with Crippen LogP contribution in [0.15, 0.2) is 47.6 Å². The van der Waals surface area contributed by atoms with E-state index in [9.17, 15) is 4.79 Å². The van der Waals surface area contributed by atoms with Crippen LogP contribution in [0.2, 0.25) is 10.0 Å². The Morgan fingerprint density at radius 2 is 1.95 bits per heavy atom. The van der Waals surface area contributed by atoms with Crippen LogP contribution < -0.4 is 5.49 Å². The molecule has 2 aromatic rings. The Bertz CT molecular complexity index is 720. The molecule has 0 atom stereocenters. The molecular formula is C16H16Cl2N2O. The molecule has 0 amide bonds. The van der Waals surface area contributed by atoms with Gasteiger partial charge in [0.15, 0.2) is 0 Å². The highest BCUT2D eigenvalue weighted by atomic mass is 35.5. The van der Waals surface area contributed by atoms with E-state index in [-0.39, 0.29) is 18.4 Å². The van der Waals surface area contributed by atoms with E-state index in [0.29, 0.717) is 15.5 Å². The summed E-state index contributed by atoms with van der Waals surface area (Å²) in [6, 6.07) is 10.8. The molecule has 3 nitrogen and oxygen atoms in total. The monoisotopic (exact) mass is 322 g/mol. The number of carbonyl (C=O) groups is 1. The van der Waals surface area contributed by atoms with E-state index in [1.165, 1.54) is 0 Å². The second kappa shape index (κ2) is 6.92. The van der Waals surface area contributed by atoms with Gasteiger partial charge < -0.3 is 0 Å². The smallest absolute Gasteiger partial charge is 0.236 e. The summed E-state index contributed by atoms with van der Waals surface area (Å²) in [6.07, 6.45) is 1.97. The molecule has 0 N–H and O–H groups in total. The first-order chi connectivity index (χ1) is 9.97. The Morgan fingerprint density at radius 3 is 2.62 bits per heavy atom. The van der Waals surface area contributed by atoms with E-state index in [1.54, 1.807) is 29.0 Å². The van der Waals surface area contributed by atoms with Crippen molar-refractivity contribution in [1.82, 2.24) is 4.57 Å². The summed E-state index contributed by atoms with van der Waals surface area (Å²) < 4.78 is 1.56. The number of carbonyl (C=O) groups excluding carboxylic acids is 1. The fourth-order valence-electron chi connectivity index (χ4n) is 1.92. The molecule has 0 radical (unpaired) electrons.